The van der Waals surface area contributed by atoms with Crippen molar-refractivity contribution < 1.29 is 19.0 Å². The van der Waals surface area contributed by atoms with E-state index in [4.69, 9.17) is 14.2 Å². The molecular weight excluding hydrogens is 350 g/mol. The Balaban J connectivity index is 1.35. The maximum atomic E-state index is 12.1. The molecule has 2 fully saturated rings. The normalized spacial score (nSPS) is 26.9. The average molecular weight is 373 g/mol. The lowest BCUT2D eigenvalue weighted by Gasteiger charge is -2.18. The van der Waals surface area contributed by atoms with Gasteiger partial charge in [0.15, 0.2) is 11.9 Å². The molecule has 1 aromatic carbocycles. The fourth-order valence-corrected chi connectivity index (χ4v) is 3.52. The molecule has 0 saturated carbocycles. The lowest BCUT2D eigenvalue weighted by Crippen LogP contribution is -2.37. The Morgan fingerprint density at radius 2 is 2.04 bits per heavy atom. The van der Waals surface area contributed by atoms with Crippen LogP contribution in [0.25, 0.3) is 0 Å². The molecule has 0 bridgehead atoms. The minimum absolute atomic E-state index is 0.122. The number of benzene rings is 1. The van der Waals surface area contributed by atoms with E-state index in [2.05, 4.69) is 20.8 Å². The topological polar surface area (TPSA) is 100 Å². The molecule has 27 heavy (non-hydrogen) atoms. The van der Waals surface area contributed by atoms with Crippen molar-refractivity contribution in [3.8, 4) is 0 Å². The van der Waals surface area contributed by atoms with Crippen molar-refractivity contribution in [3.05, 3.63) is 41.7 Å². The quantitative estimate of drug-likeness (QED) is 0.846. The largest absolute Gasteiger partial charge is 0.441 e. The molecule has 1 amide bonds. The molecule has 2 aromatic rings. The Morgan fingerprint density at radius 1 is 1.26 bits per heavy atom. The molecule has 144 valence electrons. The molecule has 1 N–H and O–H groups in total. The van der Waals surface area contributed by atoms with Gasteiger partial charge >= 0.3 is 6.09 Å². The summed E-state index contributed by atoms with van der Waals surface area (Å²) in [4.78, 5) is 12.1. The van der Waals surface area contributed by atoms with E-state index in [0.29, 0.717) is 19.8 Å². The van der Waals surface area contributed by atoms with Gasteiger partial charge in [0.05, 0.1) is 13.2 Å². The van der Waals surface area contributed by atoms with Gasteiger partial charge in [-0.15, -0.1) is 5.10 Å². The number of hydrogen-bond acceptors (Lipinski definition) is 7. The summed E-state index contributed by atoms with van der Waals surface area (Å²) in [6, 6.07) is 9.55. The number of rotatable bonds is 5. The number of aromatic nitrogens is 4. The van der Waals surface area contributed by atoms with Crippen LogP contribution in [0, 0.1) is 0 Å². The van der Waals surface area contributed by atoms with Crippen molar-refractivity contribution >= 4 is 6.09 Å². The maximum absolute atomic E-state index is 12.1. The standard InChI is InChI=1S/C18H23N5O4/c1-11(2)17-20-21-22-23(17)13-9-25-16-14(10-26-15(13)16)27-18(24)19-8-12-6-4-3-5-7-12/h3-7,11,13-16H,8-10H2,1-2H3,(H,19,24). The third-order valence-corrected chi connectivity index (χ3v) is 4.87. The number of nitrogens with one attached hydrogen (secondary N) is 1. The zero-order chi connectivity index (χ0) is 18.8. The Hall–Kier alpha value is -2.52. The Morgan fingerprint density at radius 3 is 2.81 bits per heavy atom. The predicted molar refractivity (Wildman–Crippen MR) is 94.0 cm³/mol. The second-order valence-electron chi connectivity index (χ2n) is 7.08. The first-order chi connectivity index (χ1) is 13.1. The number of ether oxygens (including phenoxy) is 3. The van der Waals surface area contributed by atoms with Crippen LogP contribution >= 0.6 is 0 Å². The molecule has 0 radical (unpaired) electrons. The predicted octanol–water partition coefficient (Wildman–Crippen LogP) is 1.43. The molecule has 2 aliphatic rings. The van der Waals surface area contributed by atoms with Crippen LogP contribution in [-0.2, 0) is 20.8 Å². The molecule has 9 nitrogen and oxygen atoms in total. The molecule has 2 saturated heterocycles. The fraction of sp³-hybridized carbons (Fsp3) is 0.556. The number of hydrogen-bond donors (Lipinski definition) is 1. The number of tetrazole rings is 1. The first-order valence-electron chi connectivity index (χ1n) is 9.13. The summed E-state index contributed by atoms with van der Waals surface area (Å²) in [5, 5.41) is 14.7. The van der Waals surface area contributed by atoms with Gasteiger partial charge in [0, 0.05) is 12.5 Å². The van der Waals surface area contributed by atoms with Crippen molar-refractivity contribution in [2.24, 2.45) is 0 Å². The van der Waals surface area contributed by atoms with E-state index in [-0.39, 0.29) is 24.2 Å². The zero-order valence-corrected chi connectivity index (χ0v) is 15.3. The first kappa shape index (κ1) is 17.9. The van der Waals surface area contributed by atoms with E-state index < -0.39 is 12.2 Å². The lowest BCUT2D eigenvalue weighted by molar-refractivity contribution is 0.00279. The molecule has 4 unspecified atom stereocenters. The van der Waals surface area contributed by atoms with Crippen LogP contribution in [0.4, 0.5) is 4.79 Å². The highest BCUT2D eigenvalue weighted by Gasteiger charge is 2.51. The lowest BCUT2D eigenvalue weighted by atomic mass is 10.1. The van der Waals surface area contributed by atoms with Crippen molar-refractivity contribution in [3.63, 3.8) is 0 Å². The monoisotopic (exact) mass is 373 g/mol. The van der Waals surface area contributed by atoms with Gasteiger partial charge < -0.3 is 19.5 Å². The maximum Gasteiger partial charge on any atom is 0.407 e. The number of alkyl carbamates (subject to hydrolysis) is 1. The minimum atomic E-state index is -0.481. The van der Waals surface area contributed by atoms with Crippen molar-refractivity contribution in [2.75, 3.05) is 13.2 Å². The highest BCUT2D eigenvalue weighted by Crippen LogP contribution is 2.36. The van der Waals surface area contributed by atoms with Crippen LogP contribution in [0.1, 0.15) is 37.2 Å². The molecule has 4 rings (SSSR count). The molecule has 2 aliphatic heterocycles. The molecule has 1 aromatic heterocycles. The van der Waals surface area contributed by atoms with Gasteiger partial charge in [0.1, 0.15) is 18.2 Å². The average Bonchev–Trinajstić information content (AvgIpc) is 3.38. The van der Waals surface area contributed by atoms with Gasteiger partial charge in [-0.2, -0.15) is 0 Å². The summed E-state index contributed by atoms with van der Waals surface area (Å²) >= 11 is 0. The second kappa shape index (κ2) is 7.61. The van der Waals surface area contributed by atoms with E-state index in [1.807, 2.05) is 44.2 Å². The van der Waals surface area contributed by atoms with Crippen LogP contribution in [0.3, 0.4) is 0 Å². The summed E-state index contributed by atoms with van der Waals surface area (Å²) in [5.74, 6) is 0.981. The van der Waals surface area contributed by atoms with E-state index in [1.54, 1.807) is 4.68 Å². The summed E-state index contributed by atoms with van der Waals surface area (Å²) in [7, 11) is 0. The molecule has 0 aliphatic carbocycles. The van der Waals surface area contributed by atoms with Crippen LogP contribution < -0.4 is 5.32 Å². The minimum Gasteiger partial charge on any atom is -0.441 e. The fourth-order valence-electron chi connectivity index (χ4n) is 3.52. The highest BCUT2D eigenvalue weighted by molar-refractivity contribution is 5.67. The van der Waals surface area contributed by atoms with Crippen LogP contribution in [0.15, 0.2) is 30.3 Å². The van der Waals surface area contributed by atoms with Crippen molar-refractivity contribution in [1.82, 2.24) is 25.5 Å². The van der Waals surface area contributed by atoms with Crippen LogP contribution in [0.5, 0.6) is 0 Å². The number of carbonyl (C=O) groups is 1. The third-order valence-electron chi connectivity index (χ3n) is 4.87. The third kappa shape index (κ3) is 3.65. The van der Waals surface area contributed by atoms with Gasteiger partial charge in [-0.05, 0) is 16.0 Å². The molecule has 4 atom stereocenters. The van der Waals surface area contributed by atoms with E-state index >= 15 is 0 Å². The number of amides is 1. The Labute approximate surface area is 157 Å². The molecule has 9 heteroatoms. The van der Waals surface area contributed by atoms with Gasteiger partial charge in [0.2, 0.25) is 0 Å². The van der Waals surface area contributed by atoms with Gasteiger partial charge in [-0.25, -0.2) is 9.48 Å². The van der Waals surface area contributed by atoms with Crippen LogP contribution in [-0.4, -0.2) is 57.8 Å². The summed E-state index contributed by atoms with van der Waals surface area (Å²) < 4.78 is 19.1. The molecule has 0 spiro atoms. The number of nitrogens with zero attached hydrogens (tertiary/aromatic N) is 4. The van der Waals surface area contributed by atoms with E-state index in [0.717, 1.165) is 11.4 Å². The van der Waals surface area contributed by atoms with Gasteiger partial charge in [0.25, 0.3) is 0 Å². The smallest absolute Gasteiger partial charge is 0.407 e. The summed E-state index contributed by atoms with van der Waals surface area (Å²) in [5.41, 5.74) is 1.01. The summed E-state index contributed by atoms with van der Waals surface area (Å²) in [6.45, 7) is 5.20. The molecule has 3 heterocycles. The number of fused-ring (bicyclic) bond motifs is 1. The van der Waals surface area contributed by atoms with Gasteiger partial charge in [-0.1, -0.05) is 44.2 Å². The van der Waals surface area contributed by atoms with E-state index in [1.165, 1.54) is 0 Å². The second-order valence-corrected chi connectivity index (χ2v) is 7.08. The van der Waals surface area contributed by atoms with Gasteiger partial charge in [-0.3, -0.25) is 0 Å². The first-order valence-corrected chi connectivity index (χ1v) is 9.13. The van der Waals surface area contributed by atoms with Crippen LogP contribution in [0.2, 0.25) is 0 Å². The highest BCUT2D eigenvalue weighted by atomic mass is 16.6. The van der Waals surface area contributed by atoms with Crippen molar-refractivity contribution in [1.29, 1.82) is 0 Å². The molecular formula is C18H23N5O4. The number of carbonyl (C=O) groups excluding carboxylic acids is 1. The zero-order valence-electron chi connectivity index (χ0n) is 15.3. The Kier molecular flexibility index (Phi) is 5.04. The van der Waals surface area contributed by atoms with E-state index in [9.17, 15) is 4.79 Å². The Bertz CT molecular complexity index is 781. The SMILES string of the molecule is CC(C)c1nnnn1C1COC2C(OC(=O)NCc3ccccc3)COC21. The summed E-state index contributed by atoms with van der Waals surface area (Å²) in [6.07, 6.45) is -1.49. The van der Waals surface area contributed by atoms with Crippen molar-refractivity contribution in [2.45, 2.75) is 50.7 Å².